The Morgan fingerprint density at radius 1 is 1.35 bits per heavy atom. The van der Waals surface area contributed by atoms with Crippen LogP contribution in [0.1, 0.15) is 11.3 Å². The number of carbonyl (C=O) groups is 1. The number of esters is 1. The summed E-state index contributed by atoms with van der Waals surface area (Å²) in [6, 6.07) is 5.32. The summed E-state index contributed by atoms with van der Waals surface area (Å²) in [4.78, 5) is 15.7. The number of ether oxygens (including phenoxy) is 1. The van der Waals surface area contributed by atoms with Crippen molar-refractivity contribution >= 4 is 29.3 Å². The molecule has 1 aliphatic heterocycles. The lowest BCUT2D eigenvalue weighted by Crippen LogP contribution is -2.04. The Hall–Kier alpha value is -2.14. The summed E-state index contributed by atoms with van der Waals surface area (Å²) in [6.45, 7) is 0. The highest BCUT2D eigenvalue weighted by atomic mass is 32.1. The van der Waals surface area contributed by atoms with E-state index in [0.29, 0.717) is 5.76 Å². The van der Waals surface area contributed by atoms with Gasteiger partial charge in [-0.1, -0.05) is 0 Å². The SMILES string of the molecule is O=C1OC(c2ccco2)=NC1=Cc1ccsc1. The number of aliphatic imine (C=N–C) groups is 1. The van der Waals surface area contributed by atoms with Gasteiger partial charge in [0.25, 0.3) is 5.90 Å². The molecule has 0 aliphatic carbocycles. The molecule has 0 unspecified atom stereocenters. The van der Waals surface area contributed by atoms with Gasteiger partial charge in [0.15, 0.2) is 11.5 Å². The van der Waals surface area contributed by atoms with E-state index in [0.717, 1.165) is 5.56 Å². The first-order valence-electron chi connectivity index (χ1n) is 4.91. The van der Waals surface area contributed by atoms with E-state index in [1.54, 1.807) is 29.5 Å². The van der Waals surface area contributed by atoms with Crippen LogP contribution in [0.4, 0.5) is 0 Å². The van der Waals surface area contributed by atoms with Crippen LogP contribution in [-0.4, -0.2) is 11.9 Å². The fourth-order valence-electron chi connectivity index (χ4n) is 1.43. The molecule has 2 aromatic rings. The molecule has 0 amide bonds. The van der Waals surface area contributed by atoms with Crippen molar-refractivity contribution in [2.45, 2.75) is 0 Å². The van der Waals surface area contributed by atoms with Crippen molar-refractivity contribution in [2.24, 2.45) is 4.99 Å². The van der Waals surface area contributed by atoms with Gasteiger partial charge in [-0.05, 0) is 40.6 Å². The average molecular weight is 245 g/mol. The first-order valence-corrected chi connectivity index (χ1v) is 5.86. The van der Waals surface area contributed by atoms with E-state index in [1.165, 1.54) is 6.26 Å². The third kappa shape index (κ3) is 1.92. The second kappa shape index (κ2) is 4.03. The normalized spacial score (nSPS) is 17.3. The molecule has 0 radical (unpaired) electrons. The quantitative estimate of drug-likeness (QED) is 0.603. The third-order valence-electron chi connectivity index (χ3n) is 2.20. The van der Waals surface area contributed by atoms with E-state index in [2.05, 4.69) is 4.99 Å². The summed E-state index contributed by atoms with van der Waals surface area (Å²) in [6.07, 6.45) is 3.20. The zero-order valence-corrected chi connectivity index (χ0v) is 9.44. The summed E-state index contributed by atoms with van der Waals surface area (Å²) in [5, 5.41) is 3.87. The molecule has 5 heteroatoms. The van der Waals surface area contributed by atoms with E-state index >= 15 is 0 Å². The molecule has 1 aliphatic rings. The van der Waals surface area contributed by atoms with Gasteiger partial charge in [0.2, 0.25) is 0 Å². The van der Waals surface area contributed by atoms with Crippen molar-refractivity contribution in [1.29, 1.82) is 0 Å². The molecule has 0 N–H and O–H groups in total. The monoisotopic (exact) mass is 245 g/mol. The van der Waals surface area contributed by atoms with Crippen molar-refractivity contribution in [2.75, 3.05) is 0 Å². The van der Waals surface area contributed by atoms with Gasteiger partial charge >= 0.3 is 5.97 Å². The van der Waals surface area contributed by atoms with Gasteiger partial charge in [-0.2, -0.15) is 11.3 Å². The third-order valence-corrected chi connectivity index (χ3v) is 2.90. The molecule has 0 atom stereocenters. The van der Waals surface area contributed by atoms with E-state index in [4.69, 9.17) is 9.15 Å². The zero-order chi connectivity index (χ0) is 11.7. The second-order valence-corrected chi connectivity index (χ2v) is 4.15. The molecule has 0 saturated heterocycles. The molecular formula is C12H7NO3S. The number of hydrogen-bond acceptors (Lipinski definition) is 5. The molecule has 0 saturated carbocycles. The highest BCUT2D eigenvalue weighted by molar-refractivity contribution is 7.08. The number of thiophene rings is 1. The fraction of sp³-hybridized carbons (Fsp3) is 0. The van der Waals surface area contributed by atoms with Gasteiger partial charge in [-0.25, -0.2) is 9.79 Å². The lowest BCUT2D eigenvalue weighted by Gasteiger charge is -1.91. The Labute approximate surface area is 101 Å². The smallest absolute Gasteiger partial charge is 0.363 e. The van der Waals surface area contributed by atoms with Crippen LogP contribution in [-0.2, 0) is 9.53 Å². The Bertz CT molecular complexity index is 594. The first kappa shape index (κ1) is 10.0. The van der Waals surface area contributed by atoms with Crippen LogP contribution in [0.3, 0.4) is 0 Å². The van der Waals surface area contributed by atoms with Crippen molar-refractivity contribution < 1.29 is 13.9 Å². The lowest BCUT2D eigenvalue weighted by molar-refractivity contribution is -0.130. The lowest BCUT2D eigenvalue weighted by atomic mass is 10.3. The van der Waals surface area contributed by atoms with Gasteiger partial charge in [-0.15, -0.1) is 0 Å². The Morgan fingerprint density at radius 2 is 2.29 bits per heavy atom. The summed E-state index contributed by atoms with van der Waals surface area (Å²) >= 11 is 1.56. The van der Waals surface area contributed by atoms with Gasteiger partial charge in [0.1, 0.15) is 0 Å². The summed E-state index contributed by atoms with van der Waals surface area (Å²) in [7, 11) is 0. The summed E-state index contributed by atoms with van der Waals surface area (Å²) in [5.41, 5.74) is 1.22. The predicted molar refractivity (Wildman–Crippen MR) is 63.6 cm³/mol. The van der Waals surface area contributed by atoms with Crippen LogP contribution in [0.25, 0.3) is 6.08 Å². The largest absolute Gasteiger partial charge is 0.459 e. The van der Waals surface area contributed by atoms with E-state index in [-0.39, 0.29) is 11.6 Å². The van der Waals surface area contributed by atoms with Gasteiger partial charge < -0.3 is 9.15 Å². The number of carbonyl (C=O) groups excluding carboxylic acids is 1. The zero-order valence-electron chi connectivity index (χ0n) is 8.62. The standard InChI is InChI=1S/C12H7NO3S/c14-12-9(6-8-3-5-17-7-8)13-11(16-12)10-2-1-4-15-10/h1-7H. The minimum Gasteiger partial charge on any atom is -0.459 e. The molecule has 0 bridgehead atoms. The molecule has 2 aromatic heterocycles. The van der Waals surface area contributed by atoms with Crippen LogP contribution in [0.15, 0.2) is 50.3 Å². The molecule has 0 fully saturated rings. The topological polar surface area (TPSA) is 51.8 Å². The molecule has 17 heavy (non-hydrogen) atoms. The Kier molecular flexibility index (Phi) is 2.38. The van der Waals surface area contributed by atoms with Gasteiger partial charge in [0.05, 0.1) is 6.26 Å². The number of rotatable bonds is 2. The second-order valence-electron chi connectivity index (χ2n) is 3.37. The van der Waals surface area contributed by atoms with Crippen LogP contribution in [0, 0.1) is 0 Å². The maximum absolute atomic E-state index is 11.6. The fourth-order valence-corrected chi connectivity index (χ4v) is 2.05. The summed E-state index contributed by atoms with van der Waals surface area (Å²) in [5.74, 6) is 0.205. The van der Waals surface area contributed by atoms with Crippen LogP contribution in [0.5, 0.6) is 0 Å². The Morgan fingerprint density at radius 3 is 3.00 bits per heavy atom. The van der Waals surface area contributed by atoms with Gasteiger partial charge in [-0.3, -0.25) is 0 Å². The molecular weight excluding hydrogens is 238 g/mol. The van der Waals surface area contributed by atoms with Crippen molar-refractivity contribution in [3.8, 4) is 0 Å². The minimum absolute atomic E-state index is 0.210. The van der Waals surface area contributed by atoms with E-state index in [9.17, 15) is 4.79 Å². The number of nitrogens with zero attached hydrogens (tertiary/aromatic N) is 1. The van der Waals surface area contributed by atoms with Crippen molar-refractivity contribution in [3.63, 3.8) is 0 Å². The predicted octanol–water partition coefficient (Wildman–Crippen LogP) is 2.69. The summed E-state index contributed by atoms with van der Waals surface area (Å²) < 4.78 is 10.1. The molecule has 4 nitrogen and oxygen atoms in total. The average Bonchev–Trinajstić information content (AvgIpc) is 3.02. The Balaban J connectivity index is 1.95. The molecule has 0 spiro atoms. The molecule has 0 aromatic carbocycles. The van der Waals surface area contributed by atoms with Crippen LogP contribution < -0.4 is 0 Å². The number of furan rings is 1. The van der Waals surface area contributed by atoms with Gasteiger partial charge in [0, 0.05) is 0 Å². The van der Waals surface area contributed by atoms with E-state index < -0.39 is 5.97 Å². The highest BCUT2D eigenvalue weighted by Crippen LogP contribution is 2.20. The minimum atomic E-state index is -0.456. The molecule has 3 rings (SSSR count). The number of hydrogen-bond donors (Lipinski definition) is 0. The van der Waals surface area contributed by atoms with Crippen molar-refractivity contribution in [1.82, 2.24) is 0 Å². The molecule has 84 valence electrons. The maximum Gasteiger partial charge on any atom is 0.363 e. The molecule has 3 heterocycles. The number of cyclic esters (lactones) is 1. The van der Waals surface area contributed by atoms with Crippen LogP contribution >= 0.6 is 11.3 Å². The maximum atomic E-state index is 11.6. The highest BCUT2D eigenvalue weighted by Gasteiger charge is 2.25. The first-order chi connectivity index (χ1) is 8.33. The van der Waals surface area contributed by atoms with E-state index in [1.807, 2.05) is 16.8 Å². The van der Waals surface area contributed by atoms with Crippen LogP contribution in [0.2, 0.25) is 0 Å². The van der Waals surface area contributed by atoms with Crippen molar-refractivity contribution in [3.05, 3.63) is 52.2 Å².